The van der Waals surface area contributed by atoms with Crippen LogP contribution in [0.2, 0.25) is 5.02 Å². The summed E-state index contributed by atoms with van der Waals surface area (Å²) in [6.45, 7) is 0. The van der Waals surface area contributed by atoms with Crippen molar-refractivity contribution in [2.24, 2.45) is 5.73 Å². The zero-order valence-electron chi connectivity index (χ0n) is 9.24. The second kappa shape index (κ2) is 4.39. The Labute approximate surface area is 118 Å². The van der Waals surface area contributed by atoms with Gasteiger partial charge in [-0.3, -0.25) is 0 Å². The third-order valence-electron chi connectivity index (χ3n) is 2.77. The summed E-state index contributed by atoms with van der Waals surface area (Å²) in [6, 6.07) is 9.72. The number of thiophene rings is 1. The van der Waals surface area contributed by atoms with Gasteiger partial charge in [-0.15, -0.1) is 11.3 Å². The molecule has 0 atom stereocenters. The molecule has 90 valence electrons. The molecule has 0 amide bonds. The van der Waals surface area contributed by atoms with Crippen LogP contribution >= 0.6 is 35.2 Å². The quantitative estimate of drug-likeness (QED) is 0.696. The summed E-state index contributed by atoms with van der Waals surface area (Å²) in [5.74, 6) is 0. The van der Waals surface area contributed by atoms with Gasteiger partial charge in [-0.25, -0.2) is 0 Å². The highest BCUT2D eigenvalue weighted by molar-refractivity contribution is 7.80. The van der Waals surface area contributed by atoms with E-state index >= 15 is 0 Å². The first-order valence-corrected chi connectivity index (χ1v) is 6.98. The van der Waals surface area contributed by atoms with Crippen LogP contribution in [0, 0.1) is 0 Å². The van der Waals surface area contributed by atoms with Gasteiger partial charge in [0.15, 0.2) is 0 Å². The Bertz CT molecular complexity index is 729. The standard InChI is InChI=1S/C13H9ClN2S2/c14-7-3-4-9-8(6-7)11(13(15)17)12(16-9)10-2-1-5-18-10/h1-6,16H,(H2,15,17). The van der Waals surface area contributed by atoms with Crippen LogP contribution in [0.1, 0.15) is 5.56 Å². The minimum Gasteiger partial charge on any atom is -0.389 e. The number of benzene rings is 1. The average molecular weight is 293 g/mol. The molecule has 0 saturated heterocycles. The van der Waals surface area contributed by atoms with Crippen LogP contribution in [0.5, 0.6) is 0 Å². The van der Waals surface area contributed by atoms with Gasteiger partial charge in [0.25, 0.3) is 0 Å². The lowest BCUT2D eigenvalue weighted by molar-refractivity contribution is 1.47. The largest absolute Gasteiger partial charge is 0.389 e. The first kappa shape index (κ1) is 11.7. The first-order valence-electron chi connectivity index (χ1n) is 5.31. The van der Waals surface area contributed by atoms with Crippen molar-refractivity contribution in [2.45, 2.75) is 0 Å². The van der Waals surface area contributed by atoms with Gasteiger partial charge in [0, 0.05) is 21.5 Å². The molecule has 0 bridgehead atoms. The van der Waals surface area contributed by atoms with Crippen LogP contribution in [0.25, 0.3) is 21.5 Å². The van der Waals surface area contributed by atoms with Gasteiger partial charge in [-0.2, -0.15) is 0 Å². The van der Waals surface area contributed by atoms with E-state index in [4.69, 9.17) is 29.6 Å². The van der Waals surface area contributed by atoms with Gasteiger partial charge in [0.2, 0.25) is 0 Å². The van der Waals surface area contributed by atoms with E-state index in [9.17, 15) is 0 Å². The van der Waals surface area contributed by atoms with Crippen LogP contribution in [0.3, 0.4) is 0 Å². The lowest BCUT2D eigenvalue weighted by Gasteiger charge is -2.00. The predicted molar refractivity (Wildman–Crippen MR) is 82.5 cm³/mol. The van der Waals surface area contributed by atoms with Gasteiger partial charge in [0.05, 0.1) is 10.6 Å². The van der Waals surface area contributed by atoms with Crippen LogP contribution < -0.4 is 5.73 Å². The maximum Gasteiger partial charge on any atom is 0.106 e. The molecule has 2 nitrogen and oxygen atoms in total. The molecule has 1 aromatic carbocycles. The fourth-order valence-corrected chi connectivity index (χ4v) is 3.14. The molecule has 3 rings (SSSR count). The number of aromatic nitrogens is 1. The van der Waals surface area contributed by atoms with Gasteiger partial charge in [-0.1, -0.05) is 29.9 Å². The maximum absolute atomic E-state index is 6.03. The summed E-state index contributed by atoms with van der Waals surface area (Å²) in [5.41, 5.74) is 8.68. The molecule has 0 aliphatic carbocycles. The monoisotopic (exact) mass is 292 g/mol. The predicted octanol–water partition coefficient (Wildman–Crippen LogP) is 4.18. The number of hydrogen-bond donors (Lipinski definition) is 2. The molecule has 3 N–H and O–H groups in total. The fourth-order valence-electron chi connectivity index (χ4n) is 2.03. The lowest BCUT2D eigenvalue weighted by Crippen LogP contribution is -2.09. The summed E-state index contributed by atoms with van der Waals surface area (Å²) < 4.78 is 0. The van der Waals surface area contributed by atoms with Crippen molar-refractivity contribution in [1.82, 2.24) is 4.98 Å². The Morgan fingerprint density at radius 2 is 2.17 bits per heavy atom. The fraction of sp³-hybridized carbons (Fsp3) is 0. The molecule has 18 heavy (non-hydrogen) atoms. The van der Waals surface area contributed by atoms with E-state index in [1.165, 1.54) is 0 Å². The Hall–Kier alpha value is -1.36. The Morgan fingerprint density at radius 1 is 1.33 bits per heavy atom. The number of halogens is 1. The summed E-state index contributed by atoms with van der Waals surface area (Å²) in [4.78, 5) is 4.86. The number of nitrogens with two attached hydrogens (primary N) is 1. The number of hydrogen-bond acceptors (Lipinski definition) is 2. The second-order valence-corrected chi connectivity index (χ2v) is 5.73. The van der Waals surface area contributed by atoms with E-state index in [-0.39, 0.29) is 0 Å². The van der Waals surface area contributed by atoms with E-state index in [0.717, 1.165) is 27.0 Å². The highest BCUT2D eigenvalue weighted by Crippen LogP contribution is 2.34. The van der Waals surface area contributed by atoms with Crippen molar-refractivity contribution in [3.63, 3.8) is 0 Å². The van der Waals surface area contributed by atoms with Crippen LogP contribution in [-0.2, 0) is 0 Å². The number of rotatable bonds is 2. The van der Waals surface area contributed by atoms with Crippen molar-refractivity contribution in [3.05, 3.63) is 46.3 Å². The number of H-pyrrole nitrogens is 1. The molecular weight excluding hydrogens is 284 g/mol. The van der Waals surface area contributed by atoms with Crippen molar-refractivity contribution in [3.8, 4) is 10.6 Å². The van der Waals surface area contributed by atoms with Gasteiger partial charge >= 0.3 is 0 Å². The molecule has 2 aromatic heterocycles. The Kier molecular flexibility index (Phi) is 2.86. The van der Waals surface area contributed by atoms with Crippen molar-refractivity contribution < 1.29 is 0 Å². The van der Waals surface area contributed by atoms with E-state index < -0.39 is 0 Å². The molecule has 0 radical (unpaired) electrons. The van der Waals surface area contributed by atoms with Gasteiger partial charge in [-0.05, 0) is 29.6 Å². The smallest absolute Gasteiger partial charge is 0.106 e. The number of fused-ring (bicyclic) bond motifs is 1. The molecule has 0 aliphatic heterocycles. The lowest BCUT2D eigenvalue weighted by atomic mass is 10.1. The van der Waals surface area contributed by atoms with Crippen molar-refractivity contribution >= 4 is 51.0 Å². The SMILES string of the molecule is NC(=S)c1c(-c2cccs2)[nH]c2ccc(Cl)cc12. The van der Waals surface area contributed by atoms with Crippen molar-refractivity contribution in [1.29, 1.82) is 0 Å². The third kappa shape index (κ3) is 1.82. The minimum absolute atomic E-state index is 0.381. The zero-order chi connectivity index (χ0) is 12.7. The highest BCUT2D eigenvalue weighted by atomic mass is 35.5. The molecular formula is C13H9ClN2S2. The van der Waals surface area contributed by atoms with Gasteiger partial charge < -0.3 is 10.7 Å². The number of nitrogens with one attached hydrogen (secondary N) is 1. The third-order valence-corrected chi connectivity index (χ3v) is 4.10. The van der Waals surface area contributed by atoms with Crippen LogP contribution in [0.4, 0.5) is 0 Å². The highest BCUT2D eigenvalue weighted by Gasteiger charge is 2.16. The Morgan fingerprint density at radius 3 is 2.83 bits per heavy atom. The summed E-state index contributed by atoms with van der Waals surface area (Å²) in [6.07, 6.45) is 0. The molecule has 5 heteroatoms. The Balaban J connectivity index is 2.38. The van der Waals surface area contributed by atoms with E-state index in [2.05, 4.69) is 4.98 Å². The molecule has 0 fully saturated rings. The maximum atomic E-state index is 6.03. The minimum atomic E-state index is 0.381. The summed E-state index contributed by atoms with van der Waals surface area (Å²) >= 11 is 12.8. The van der Waals surface area contributed by atoms with Crippen LogP contribution in [0.15, 0.2) is 35.7 Å². The molecule has 0 spiro atoms. The van der Waals surface area contributed by atoms with Crippen LogP contribution in [-0.4, -0.2) is 9.97 Å². The van der Waals surface area contributed by atoms with Gasteiger partial charge in [0.1, 0.15) is 4.99 Å². The van der Waals surface area contributed by atoms with E-state index in [0.29, 0.717) is 10.0 Å². The molecule has 3 aromatic rings. The molecule has 0 aliphatic rings. The second-order valence-electron chi connectivity index (χ2n) is 3.91. The molecule has 2 heterocycles. The average Bonchev–Trinajstić information content (AvgIpc) is 2.94. The van der Waals surface area contributed by atoms with Crippen molar-refractivity contribution in [2.75, 3.05) is 0 Å². The molecule has 0 unspecified atom stereocenters. The first-order chi connectivity index (χ1) is 8.66. The van der Waals surface area contributed by atoms with E-state index in [1.807, 2.05) is 35.7 Å². The summed E-state index contributed by atoms with van der Waals surface area (Å²) in [5, 5.41) is 3.67. The number of aromatic amines is 1. The van der Waals surface area contributed by atoms with E-state index in [1.54, 1.807) is 11.3 Å². The molecule has 0 saturated carbocycles. The summed E-state index contributed by atoms with van der Waals surface area (Å²) in [7, 11) is 0. The normalized spacial score (nSPS) is 10.9. The zero-order valence-corrected chi connectivity index (χ0v) is 11.6. The topological polar surface area (TPSA) is 41.8 Å². The number of thiocarbonyl (C=S) groups is 1.